The third-order valence-electron chi connectivity index (χ3n) is 4.76. The van der Waals surface area contributed by atoms with Gasteiger partial charge in [-0.3, -0.25) is 4.79 Å². The molecule has 6 nitrogen and oxygen atoms in total. The van der Waals surface area contributed by atoms with Crippen molar-refractivity contribution in [1.29, 1.82) is 0 Å². The lowest BCUT2D eigenvalue weighted by molar-refractivity contribution is -0.131. The average Bonchev–Trinajstić information content (AvgIpc) is 2.87. The Morgan fingerprint density at radius 2 is 1.95 bits per heavy atom. The fourth-order valence-corrected chi connectivity index (χ4v) is 3.11. The van der Waals surface area contributed by atoms with Crippen molar-refractivity contribution in [3.63, 3.8) is 0 Å². The summed E-state index contributed by atoms with van der Waals surface area (Å²) in [6.07, 6.45) is 6.23. The number of carbonyl (C=O) groups is 1. The lowest BCUT2D eigenvalue weighted by atomic mass is 9.79. The van der Waals surface area contributed by atoms with Gasteiger partial charge in [-0.2, -0.15) is 0 Å². The van der Waals surface area contributed by atoms with E-state index in [9.17, 15) is 4.79 Å². The summed E-state index contributed by atoms with van der Waals surface area (Å²) in [6.45, 7) is 0.503. The van der Waals surface area contributed by atoms with Crippen LogP contribution in [-0.2, 0) is 9.53 Å². The van der Waals surface area contributed by atoms with Gasteiger partial charge in [-0.25, -0.2) is 0 Å². The normalized spacial score (nSPS) is 24.8. The minimum absolute atomic E-state index is 0.0302. The molecule has 2 rings (SSSR count). The molecule has 0 aromatic rings. The second kappa shape index (κ2) is 5.36. The molecular formula is C13H23N3O3. The van der Waals surface area contributed by atoms with Crippen LogP contribution in [0.15, 0.2) is 5.16 Å². The summed E-state index contributed by atoms with van der Waals surface area (Å²) in [7, 11) is 1.68. The first-order chi connectivity index (χ1) is 9.08. The number of methoxy groups -OCH3 is 1. The number of amidine groups is 1. The van der Waals surface area contributed by atoms with Crippen molar-refractivity contribution in [2.45, 2.75) is 50.5 Å². The smallest absolute Gasteiger partial charge is 0.234 e. The monoisotopic (exact) mass is 269 g/mol. The molecule has 19 heavy (non-hydrogen) atoms. The van der Waals surface area contributed by atoms with E-state index in [1.165, 1.54) is 0 Å². The van der Waals surface area contributed by atoms with Crippen molar-refractivity contribution < 1.29 is 14.7 Å². The number of oxime groups is 1. The largest absolute Gasteiger partial charge is 0.409 e. The summed E-state index contributed by atoms with van der Waals surface area (Å²) >= 11 is 0. The Labute approximate surface area is 113 Å². The van der Waals surface area contributed by atoms with Crippen LogP contribution in [0.1, 0.15) is 44.9 Å². The molecule has 0 radical (unpaired) electrons. The van der Waals surface area contributed by atoms with Gasteiger partial charge in [-0.1, -0.05) is 18.0 Å². The Morgan fingerprint density at radius 3 is 2.37 bits per heavy atom. The van der Waals surface area contributed by atoms with Crippen molar-refractivity contribution >= 4 is 11.7 Å². The number of amides is 1. The summed E-state index contributed by atoms with van der Waals surface area (Å²) in [6, 6.07) is 0. The number of ether oxygens (including phenoxy) is 1. The highest BCUT2D eigenvalue weighted by Gasteiger charge is 2.46. The highest BCUT2D eigenvalue weighted by molar-refractivity contribution is 6.07. The Balaban J connectivity index is 2.01. The molecule has 4 N–H and O–H groups in total. The van der Waals surface area contributed by atoms with Gasteiger partial charge in [0.1, 0.15) is 5.41 Å². The minimum Gasteiger partial charge on any atom is -0.409 e. The van der Waals surface area contributed by atoms with Gasteiger partial charge in [0.25, 0.3) is 0 Å². The molecule has 0 unspecified atom stereocenters. The number of carbonyl (C=O) groups excluding carboxylic acids is 1. The molecule has 2 saturated carbocycles. The van der Waals surface area contributed by atoms with Gasteiger partial charge in [-0.05, 0) is 32.1 Å². The zero-order chi connectivity index (χ0) is 13.9. The zero-order valence-electron chi connectivity index (χ0n) is 11.4. The molecule has 0 heterocycles. The van der Waals surface area contributed by atoms with Crippen molar-refractivity contribution in [2.24, 2.45) is 16.3 Å². The Morgan fingerprint density at radius 1 is 1.32 bits per heavy atom. The van der Waals surface area contributed by atoms with Crippen LogP contribution in [0.4, 0.5) is 0 Å². The number of hydrogen-bond acceptors (Lipinski definition) is 4. The van der Waals surface area contributed by atoms with Gasteiger partial charge in [0.2, 0.25) is 5.91 Å². The second-order valence-corrected chi connectivity index (χ2v) is 5.70. The second-order valence-electron chi connectivity index (χ2n) is 5.70. The minimum atomic E-state index is -0.826. The first-order valence-electron chi connectivity index (χ1n) is 6.90. The van der Waals surface area contributed by atoms with Crippen LogP contribution in [0.25, 0.3) is 0 Å². The predicted molar refractivity (Wildman–Crippen MR) is 70.9 cm³/mol. The molecule has 6 heteroatoms. The van der Waals surface area contributed by atoms with Gasteiger partial charge in [0.15, 0.2) is 5.84 Å². The highest BCUT2D eigenvalue weighted by Crippen LogP contribution is 2.39. The van der Waals surface area contributed by atoms with E-state index in [1.54, 1.807) is 7.11 Å². The highest BCUT2D eigenvalue weighted by atomic mass is 16.5. The van der Waals surface area contributed by atoms with Gasteiger partial charge >= 0.3 is 0 Å². The molecule has 1 amide bonds. The fraction of sp³-hybridized carbons (Fsp3) is 0.846. The molecule has 0 aromatic carbocycles. The van der Waals surface area contributed by atoms with Gasteiger partial charge < -0.3 is 21.0 Å². The van der Waals surface area contributed by atoms with E-state index < -0.39 is 5.41 Å². The number of nitrogens with two attached hydrogens (primary N) is 1. The summed E-state index contributed by atoms with van der Waals surface area (Å²) in [5.41, 5.74) is 4.71. The summed E-state index contributed by atoms with van der Waals surface area (Å²) in [4.78, 5) is 12.4. The van der Waals surface area contributed by atoms with Crippen LogP contribution in [0.3, 0.4) is 0 Å². The van der Waals surface area contributed by atoms with E-state index in [-0.39, 0.29) is 17.3 Å². The van der Waals surface area contributed by atoms with Crippen molar-refractivity contribution in [3.8, 4) is 0 Å². The molecule has 0 atom stereocenters. The average molecular weight is 269 g/mol. The molecule has 0 aromatic heterocycles. The molecule has 2 aliphatic rings. The van der Waals surface area contributed by atoms with E-state index >= 15 is 0 Å². The van der Waals surface area contributed by atoms with Crippen LogP contribution >= 0.6 is 0 Å². The van der Waals surface area contributed by atoms with Crippen molar-refractivity contribution in [3.05, 3.63) is 0 Å². The molecule has 2 aliphatic carbocycles. The van der Waals surface area contributed by atoms with E-state index in [2.05, 4.69) is 10.5 Å². The topological polar surface area (TPSA) is 96.9 Å². The summed E-state index contributed by atoms with van der Waals surface area (Å²) in [5.74, 6) is -0.105. The van der Waals surface area contributed by atoms with E-state index in [4.69, 9.17) is 15.7 Å². The number of nitrogens with zero attached hydrogens (tertiary/aromatic N) is 1. The first kappa shape index (κ1) is 14.1. The van der Waals surface area contributed by atoms with E-state index in [0.29, 0.717) is 19.4 Å². The molecule has 0 spiro atoms. The maximum atomic E-state index is 12.4. The van der Waals surface area contributed by atoms with Crippen molar-refractivity contribution in [2.75, 3.05) is 13.7 Å². The Kier molecular flexibility index (Phi) is 3.99. The quantitative estimate of drug-likeness (QED) is 0.300. The lowest BCUT2D eigenvalue weighted by Crippen LogP contribution is -2.54. The van der Waals surface area contributed by atoms with Crippen LogP contribution in [-0.4, -0.2) is 36.2 Å². The van der Waals surface area contributed by atoms with Crippen LogP contribution < -0.4 is 11.1 Å². The summed E-state index contributed by atoms with van der Waals surface area (Å²) < 4.78 is 5.48. The molecule has 2 fully saturated rings. The fourth-order valence-electron chi connectivity index (χ4n) is 3.11. The van der Waals surface area contributed by atoms with Gasteiger partial charge in [0.05, 0.1) is 5.60 Å². The van der Waals surface area contributed by atoms with Crippen LogP contribution in [0.2, 0.25) is 0 Å². The van der Waals surface area contributed by atoms with Gasteiger partial charge in [0, 0.05) is 13.7 Å². The third kappa shape index (κ3) is 2.41. The predicted octanol–water partition coefficient (Wildman–Crippen LogP) is 0.978. The SMILES string of the molecule is COC1(CNC(=O)C2(C(N)=NO)CCCC2)CCC1. The molecule has 0 bridgehead atoms. The van der Waals surface area contributed by atoms with Crippen LogP contribution in [0.5, 0.6) is 0 Å². The van der Waals surface area contributed by atoms with Gasteiger partial charge in [-0.15, -0.1) is 0 Å². The van der Waals surface area contributed by atoms with E-state index in [0.717, 1.165) is 32.1 Å². The Hall–Kier alpha value is -1.30. The van der Waals surface area contributed by atoms with Crippen LogP contribution in [0, 0.1) is 5.41 Å². The number of nitrogens with one attached hydrogen (secondary N) is 1. The summed E-state index contributed by atoms with van der Waals surface area (Å²) in [5, 5.41) is 14.9. The van der Waals surface area contributed by atoms with E-state index in [1.807, 2.05) is 0 Å². The number of rotatable bonds is 5. The zero-order valence-corrected chi connectivity index (χ0v) is 11.4. The molecule has 108 valence electrons. The molecule has 0 aliphatic heterocycles. The maximum Gasteiger partial charge on any atom is 0.234 e. The third-order valence-corrected chi connectivity index (χ3v) is 4.76. The molecular weight excluding hydrogens is 246 g/mol. The number of hydrogen-bond donors (Lipinski definition) is 3. The van der Waals surface area contributed by atoms with Crippen molar-refractivity contribution in [1.82, 2.24) is 5.32 Å². The first-order valence-corrected chi connectivity index (χ1v) is 6.90. The Bertz CT molecular complexity index is 366. The lowest BCUT2D eigenvalue weighted by Gasteiger charge is -2.41. The maximum absolute atomic E-state index is 12.4. The standard InChI is InChI=1S/C13H23N3O3/c1-19-12(5-4-6-12)9-15-11(17)13(10(14)16-18)7-2-3-8-13/h18H,2-9H2,1H3,(H2,14,16)(H,15,17). The molecule has 0 saturated heterocycles.